The third kappa shape index (κ3) is 2.79. The van der Waals surface area contributed by atoms with Gasteiger partial charge in [0.15, 0.2) is 0 Å². The molecular formula is C12H15N. The molecule has 68 valence electrons. The van der Waals surface area contributed by atoms with Crippen molar-refractivity contribution in [2.24, 2.45) is 0 Å². The molecule has 13 heavy (non-hydrogen) atoms. The number of rotatable bonds is 4. The lowest BCUT2D eigenvalue weighted by Gasteiger charge is -2.07. The van der Waals surface area contributed by atoms with Gasteiger partial charge in [0, 0.05) is 19.2 Å². The summed E-state index contributed by atoms with van der Waals surface area (Å²) in [6, 6.07) is 10.2. The van der Waals surface area contributed by atoms with Crippen molar-refractivity contribution in [2.75, 3.05) is 7.05 Å². The SMILES string of the molecule is C=C(CC(=C)c1ccccc1)NC. The van der Waals surface area contributed by atoms with Crippen LogP contribution in [0.15, 0.2) is 49.2 Å². The van der Waals surface area contributed by atoms with Crippen LogP contribution < -0.4 is 5.32 Å². The van der Waals surface area contributed by atoms with Gasteiger partial charge in [-0.25, -0.2) is 0 Å². The molecule has 0 amide bonds. The average molecular weight is 173 g/mol. The monoisotopic (exact) mass is 173 g/mol. The Morgan fingerprint density at radius 2 is 1.85 bits per heavy atom. The van der Waals surface area contributed by atoms with Crippen LogP contribution in [0.5, 0.6) is 0 Å². The highest BCUT2D eigenvalue weighted by atomic mass is 14.8. The van der Waals surface area contributed by atoms with E-state index in [0.29, 0.717) is 0 Å². The van der Waals surface area contributed by atoms with Gasteiger partial charge in [0.2, 0.25) is 0 Å². The highest BCUT2D eigenvalue weighted by Crippen LogP contribution is 2.17. The Labute approximate surface area is 79.8 Å². The summed E-state index contributed by atoms with van der Waals surface area (Å²) in [7, 11) is 1.88. The van der Waals surface area contributed by atoms with Gasteiger partial charge in [-0.05, 0) is 11.1 Å². The minimum absolute atomic E-state index is 0.806. The van der Waals surface area contributed by atoms with Crippen molar-refractivity contribution in [1.29, 1.82) is 0 Å². The van der Waals surface area contributed by atoms with E-state index >= 15 is 0 Å². The highest BCUT2D eigenvalue weighted by molar-refractivity contribution is 5.64. The van der Waals surface area contributed by atoms with E-state index in [1.54, 1.807) is 0 Å². The minimum Gasteiger partial charge on any atom is -0.392 e. The molecule has 0 aliphatic carbocycles. The van der Waals surface area contributed by atoms with E-state index in [-0.39, 0.29) is 0 Å². The molecule has 0 unspecified atom stereocenters. The van der Waals surface area contributed by atoms with Gasteiger partial charge in [0.25, 0.3) is 0 Å². The predicted molar refractivity (Wildman–Crippen MR) is 58.3 cm³/mol. The molecule has 1 rings (SSSR count). The van der Waals surface area contributed by atoms with Gasteiger partial charge < -0.3 is 5.32 Å². The van der Waals surface area contributed by atoms with Crippen molar-refractivity contribution in [3.63, 3.8) is 0 Å². The molecule has 1 heteroatoms. The fourth-order valence-corrected chi connectivity index (χ4v) is 1.12. The van der Waals surface area contributed by atoms with Gasteiger partial charge in [0.05, 0.1) is 0 Å². The molecule has 0 heterocycles. The molecule has 0 aliphatic heterocycles. The van der Waals surface area contributed by atoms with Crippen molar-refractivity contribution in [3.05, 3.63) is 54.8 Å². The number of hydrogen-bond acceptors (Lipinski definition) is 1. The molecule has 0 saturated heterocycles. The van der Waals surface area contributed by atoms with Crippen molar-refractivity contribution < 1.29 is 0 Å². The van der Waals surface area contributed by atoms with Crippen LogP contribution in [0.3, 0.4) is 0 Å². The van der Waals surface area contributed by atoms with E-state index in [1.165, 1.54) is 5.56 Å². The van der Waals surface area contributed by atoms with Crippen molar-refractivity contribution in [1.82, 2.24) is 5.32 Å². The molecule has 0 radical (unpaired) electrons. The fraction of sp³-hybridized carbons (Fsp3) is 0.167. The number of nitrogens with one attached hydrogen (secondary N) is 1. The van der Waals surface area contributed by atoms with E-state index in [2.05, 4.69) is 30.6 Å². The Morgan fingerprint density at radius 1 is 1.23 bits per heavy atom. The third-order valence-electron chi connectivity index (χ3n) is 1.96. The predicted octanol–water partition coefficient (Wildman–Crippen LogP) is 2.82. The van der Waals surface area contributed by atoms with Crippen molar-refractivity contribution >= 4 is 5.57 Å². The third-order valence-corrected chi connectivity index (χ3v) is 1.96. The maximum atomic E-state index is 4.01. The molecule has 0 bridgehead atoms. The lowest BCUT2D eigenvalue weighted by Crippen LogP contribution is -2.04. The second kappa shape index (κ2) is 4.51. The second-order valence-electron chi connectivity index (χ2n) is 3.00. The summed E-state index contributed by atoms with van der Waals surface area (Å²) >= 11 is 0. The summed E-state index contributed by atoms with van der Waals surface area (Å²) in [6.07, 6.45) is 0.806. The first-order chi connectivity index (χ1) is 6.24. The smallest absolute Gasteiger partial charge is 0.0117 e. The first kappa shape index (κ1) is 9.59. The van der Waals surface area contributed by atoms with E-state index in [0.717, 1.165) is 17.7 Å². The summed E-state index contributed by atoms with van der Waals surface area (Å²) in [4.78, 5) is 0. The Kier molecular flexibility index (Phi) is 3.32. The number of benzene rings is 1. The zero-order valence-electron chi connectivity index (χ0n) is 8.01. The van der Waals surface area contributed by atoms with Crippen LogP contribution in [0.25, 0.3) is 5.57 Å². The van der Waals surface area contributed by atoms with Crippen molar-refractivity contribution in [2.45, 2.75) is 6.42 Å². The minimum atomic E-state index is 0.806. The lowest BCUT2D eigenvalue weighted by molar-refractivity contribution is 0.955. The lowest BCUT2D eigenvalue weighted by atomic mass is 10.0. The molecule has 1 aromatic carbocycles. The topological polar surface area (TPSA) is 12.0 Å². The molecule has 0 fully saturated rings. The molecule has 0 aliphatic rings. The standard InChI is InChI=1S/C12H15N/c1-10(9-11(2)13-3)12-7-5-4-6-8-12/h4-8,13H,1-2,9H2,3H3. The Bertz CT molecular complexity index is 298. The largest absolute Gasteiger partial charge is 0.392 e. The molecule has 0 saturated carbocycles. The summed E-state index contributed by atoms with van der Waals surface area (Å²) in [5, 5.41) is 3.01. The normalized spacial score (nSPS) is 9.31. The van der Waals surface area contributed by atoms with E-state index in [1.807, 2.05) is 25.2 Å². The van der Waals surface area contributed by atoms with Gasteiger partial charge >= 0.3 is 0 Å². The maximum absolute atomic E-state index is 4.01. The van der Waals surface area contributed by atoms with Crippen LogP contribution in [0.2, 0.25) is 0 Å². The maximum Gasteiger partial charge on any atom is 0.0117 e. The van der Waals surface area contributed by atoms with Crippen LogP contribution in [0.4, 0.5) is 0 Å². The van der Waals surface area contributed by atoms with Gasteiger partial charge in [0.1, 0.15) is 0 Å². The molecule has 0 spiro atoms. The van der Waals surface area contributed by atoms with Crippen LogP contribution in [-0.4, -0.2) is 7.05 Å². The molecule has 1 aromatic rings. The summed E-state index contributed by atoms with van der Waals surface area (Å²) in [6.45, 7) is 7.88. The molecule has 0 aromatic heterocycles. The van der Waals surface area contributed by atoms with Crippen LogP contribution >= 0.6 is 0 Å². The zero-order valence-corrected chi connectivity index (χ0v) is 8.01. The first-order valence-electron chi connectivity index (χ1n) is 4.32. The van der Waals surface area contributed by atoms with Crippen LogP contribution in [0, 0.1) is 0 Å². The van der Waals surface area contributed by atoms with Gasteiger partial charge in [-0.1, -0.05) is 43.5 Å². The Hall–Kier alpha value is -1.50. The van der Waals surface area contributed by atoms with Gasteiger partial charge in [-0.2, -0.15) is 0 Å². The quantitative estimate of drug-likeness (QED) is 0.738. The first-order valence-corrected chi connectivity index (χ1v) is 4.32. The van der Waals surface area contributed by atoms with Crippen LogP contribution in [-0.2, 0) is 0 Å². The van der Waals surface area contributed by atoms with E-state index < -0.39 is 0 Å². The molecule has 1 nitrogen and oxygen atoms in total. The second-order valence-corrected chi connectivity index (χ2v) is 3.00. The Balaban J connectivity index is 2.65. The van der Waals surface area contributed by atoms with E-state index in [9.17, 15) is 0 Å². The summed E-state index contributed by atoms with van der Waals surface area (Å²) in [5.41, 5.74) is 3.27. The Morgan fingerprint density at radius 3 is 2.38 bits per heavy atom. The van der Waals surface area contributed by atoms with Crippen LogP contribution in [0.1, 0.15) is 12.0 Å². The highest BCUT2D eigenvalue weighted by Gasteiger charge is 1.98. The number of allylic oxidation sites excluding steroid dienone is 1. The molecule has 1 N–H and O–H groups in total. The average Bonchev–Trinajstić information content (AvgIpc) is 2.19. The van der Waals surface area contributed by atoms with Gasteiger partial charge in [-0.15, -0.1) is 0 Å². The van der Waals surface area contributed by atoms with Crippen molar-refractivity contribution in [3.8, 4) is 0 Å². The fourth-order valence-electron chi connectivity index (χ4n) is 1.12. The zero-order chi connectivity index (χ0) is 9.68. The summed E-state index contributed by atoms with van der Waals surface area (Å²) < 4.78 is 0. The molecular weight excluding hydrogens is 158 g/mol. The van der Waals surface area contributed by atoms with E-state index in [4.69, 9.17) is 0 Å². The van der Waals surface area contributed by atoms with Gasteiger partial charge in [-0.3, -0.25) is 0 Å². The summed E-state index contributed by atoms with van der Waals surface area (Å²) in [5.74, 6) is 0. The number of hydrogen-bond donors (Lipinski definition) is 1. The molecule has 0 atom stereocenters.